The van der Waals surface area contributed by atoms with Crippen LogP contribution < -0.4 is 0 Å². The van der Waals surface area contributed by atoms with Crippen LogP contribution in [0.15, 0.2) is 40.4 Å². The molecule has 1 heterocycles. The fraction of sp³-hybridized carbons (Fsp3) is 0.312. The van der Waals surface area contributed by atoms with Crippen LogP contribution in [-0.4, -0.2) is 29.6 Å². The van der Waals surface area contributed by atoms with E-state index in [-0.39, 0.29) is 6.03 Å². The quantitative estimate of drug-likeness (QED) is 0.745. The second-order valence-electron chi connectivity index (χ2n) is 5.34. The minimum absolute atomic E-state index is 0.0144. The van der Waals surface area contributed by atoms with Gasteiger partial charge in [-0.25, -0.2) is 4.79 Å². The first kappa shape index (κ1) is 14.9. The Labute approximate surface area is 128 Å². The van der Waals surface area contributed by atoms with Gasteiger partial charge < -0.3 is 4.90 Å². The lowest BCUT2D eigenvalue weighted by molar-refractivity contribution is 0.219. The molecule has 0 N–H and O–H groups in total. The standard InChI is InChI=1S/C16H19BrN2O/c1-11(2)5-7-14-10-12-9-13(17)6-8-15(12)19(14)16(20)18(3)4/h5-6,8-10H,7H2,1-4H3. The van der Waals surface area contributed by atoms with E-state index in [1.165, 1.54) is 5.57 Å². The van der Waals surface area contributed by atoms with E-state index in [9.17, 15) is 4.79 Å². The average molecular weight is 335 g/mol. The highest BCUT2D eigenvalue weighted by atomic mass is 79.9. The second-order valence-corrected chi connectivity index (χ2v) is 6.25. The van der Waals surface area contributed by atoms with Gasteiger partial charge in [0, 0.05) is 36.1 Å². The zero-order valence-electron chi connectivity index (χ0n) is 12.3. The maximum atomic E-state index is 12.4. The van der Waals surface area contributed by atoms with Crippen LogP contribution in [0.4, 0.5) is 4.79 Å². The molecule has 0 aliphatic heterocycles. The highest BCUT2D eigenvalue weighted by Gasteiger charge is 2.16. The first-order valence-electron chi connectivity index (χ1n) is 6.55. The molecule has 0 radical (unpaired) electrons. The highest BCUT2D eigenvalue weighted by Crippen LogP contribution is 2.25. The predicted molar refractivity (Wildman–Crippen MR) is 87.3 cm³/mol. The number of aromatic nitrogens is 1. The van der Waals surface area contributed by atoms with Gasteiger partial charge in [0.05, 0.1) is 5.52 Å². The fourth-order valence-corrected chi connectivity index (χ4v) is 2.51. The number of carbonyl (C=O) groups is 1. The summed E-state index contributed by atoms with van der Waals surface area (Å²) in [6.45, 7) is 4.13. The van der Waals surface area contributed by atoms with E-state index in [0.717, 1.165) is 27.5 Å². The molecule has 0 atom stereocenters. The predicted octanol–water partition coefficient (Wildman–Crippen LogP) is 4.44. The number of fused-ring (bicyclic) bond motifs is 1. The Balaban J connectivity index is 2.62. The lowest BCUT2D eigenvalue weighted by Crippen LogP contribution is -2.28. The second kappa shape index (κ2) is 5.83. The molecule has 2 rings (SSSR count). The Morgan fingerprint density at radius 1 is 1.30 bits per heavy atom. The molecular weight excluding hydrogens is 316 g/mol. The molecule has 0 spiro atoms. The summed E-state index contributed by atoms with van der Waals surface area (Å²) < 4.78 is 2.81. The molecule has 0 fully saturated rings. The number of allylic oxidation sites excluding steroid dienone is 2. The zero-order valence-corrected chi connectivity index (χ0v) is 13.9. The first-order chi connectivity index (χ1) is 9.40. The van der Waals surface area contributed by atoms with Crippen molar-refractivity contribution in [2.24, 2.45) is 0 Å². The topological polar surface area (TPSA) is 25.2 Å². The van der Waals surface area contributed by atoms with E-state index in [0.29, 0.717) is 0 Å². The third kappa shape index (κ3) is 2.96. The van der Waals surface area contributed by atoms with Gasteiger partial charge in [0.15, 0.2) is 0 Å². The number of hydrogen-bond donors (Lipinski definition) is 0. The number of benzene rings is 1. The lowest BCUT2D eigenvalue weighted by atomic mass is 10.2. The minimum atomic E-state index is -0.0144. The molecule has 1 aromatic carbocycles. The van der Waals surface area contributed by atoms with Crippen molar-refractivity contribution in [1.82, 2.24) is 9.47 Å². The number of amides is 1. The van der Waals surface area contributed by atoms with Crippen LogP contribution in [0.25, 0.3) is 10.9 Å². The van der Waals surface area contributed by atoms with Crippen molar-refractivity contribution in [3.63, 3.8) is 0 Å². The smallest absolute Gasteiger partial charge is 0.328 e. The van der Waals surface area contributed by atoms with Gasteiger partial charge in [0.25, 0.3) is 0 Å². The summed E-state index contributed by atoms with van der Waals surface area (Å²) in [5.74, 6) is 0. The van der Waals surface area contributed by atoms with Gasteiger partial charge in [-0.3, -0.25) is 4.57 Å². The monoisotopic (exact) mass is 334 g/mol. The molecule has 0 unspecified atom stereocenters. The highest BCUT2D eigenvalue weighted by molar-refractivity contribution is 9.10. The van der Waals surface area contributed by atoms with Gasteiger partial charge in [-0.2, -0.15) is 0 Å². The van der Waals surface area contributed by atoms with Gasteiger partial charge in [-0.05, 0) is 38.1 Å². The Morgan fingerprint density at radius 3 is 2.60 bits per heavy atom. The molecule has 0 saturated carbocycles. The number of nitrogens with zero attached hydrogens (tertiary/aromatic N) is 2. The summed E-state index contributed by atoms with van der Waals surface area (Å²) in [6, 6.07) is 8.06. The Bertz CT molecular complexity index is 679. The maximum Gasteiger partial charge on any atom is 0.328 e. The van der Waals surface area contributed by atoms with Gasteiger partial charge in [-0.1, -0.05) is 27.6 Å². The molecular formula is C16H19BrN2O. The summed E-state index contributed by atoms with van der Waals surface area (Å²) in [5.41, 5.74) is 3.21. The fourth-order valence-electron chi connectivity index (χ4n) is 2.13. The molecule has 0 aliphatic rings. The molecule has 0 saturated heterocycles. The largest absolute Gasteiger partial charge is 0.330 e. The third-order valence-corrected chi connectivity index (χ3v) is 3.63. The third-order valence-electron chi connectivity index (χ3n) is 3.13. The van der Waals surface area contributed by atoms with Crippen LogP contribution in [0, 0.1) is 0 Å². The summed E-state index contributed by atoms with van der Waals surface area (Å²) in [4.78, 5) is 14.0. The summed E-state index contributed by atoms with van der Waals surface area (Å²) in [5, 5.41) is 1.08. The van der Waals surface area contributed by atoms with E-state index in [4.69, 9.17) is 0 Å². The number of hydrogen-bond acceptors (Lipinski definition) is 1. The van der Waals surface area contributed by atoms with Gasteiger partial charge in [0.1, 0.15) is 0 Å². The van der Waals surface area contributed by atoms with E-state index in [1.807, 2.05) is 18.2 Å². The SMILES string of the molecule is CC(C)=CCc1cc2cc(Br)ccc2n1C(=O)N(C)C. The molecule has 0 aliphatic carbocycles. The van der Waals surface area contributed by atoms with Crippen LogP contribution >= 0.6 is 15.9 Å². The van der Waals surface area contributed by atoms with E-state index in [1.54, 1.807) is 23.6 Å². The van der Waals surface area contributed by atoms with E-state index in [2.05, 4.69) is 41.9 Å². The molecule has 3 nitrogen and oxygen atoms in total. The number of carbonyl (C=O) groups excluding carboxylic acids is 1. The summed E-state index contributed by atoms with van der Waals surface area (Å²) in [7, 11) is 3.55. The summed E-state index contributed by atoms with van der Waals surface area (Å²) in [6.07, 6.45) is 2.90. The Kier molecular flexibility index (Phi) is 4.33. The molecule has 20 heavy (non-hydrogen) atoms. The molecule has 1 amide bonds. The van der Waals surface area contributed by atoms with Crippen molar-refractivity contribution < 1.29 is 4.79 Å². The zero-order chi connectivity index (χ0) is 14.9. The molecule has 4 heteroatoms. The van der Waals surface area contributed by atoms with Crippen LogP contribution in [0.1, 0.15) is 19.5 Å². The Hall–Kier alpha value is -1.55. The molecule has 1 aromatic heterocycles. The lowest BCUT2D eigenvalue weighted by Gasteiger charge is -2.14. The number of halogens is 1. The van der Waals surface area contributed by atoms with Gasteiger partial charge >= 0.3 is 6.03 Å². The molecule has 106 valence electrons. The van der Waals surface area contributed by atoms with Crippen molar-refractivity contribution >= 4 is 32.9 Å². The summed E-state index contributed by atoms with van der Waals surface area (Å²) >= 11 is 3.48. The van der Waals surface area contributed by atoms with Crippen LogP contribution in [0.2, 0.25) is 0 Å². The molecule has 0 bridgehead atoms. The van der Waals surface area contributed by atoms with Crippen molar-refractivity contribution in [2.75, 3.05) is 14.1 Å². The van der Waals surface area contributed by atoms with Crippen molar-refractivity contribution in [2.45, 2.75) is 20.3 Å². The van der Waals surface area contributed by atoms with Crippen molar-refractivity contribution in [3.05, 3.63) is 46.1 Å². The normalized spacial score (nSPS) is 10.7. The molecule has 2 aromatic rings. The van der Waals surface area contributed by atoms with Crippen LogP contribution in [0.3, 0.4) is 0 Å². The van der Waals surface area contributed by atoms with Crippen LogP contribution in [0.5, 0.6) is 0 Å². The van der Waals surface area contributed by atoms with E-state index < -0.39 is 0 Å². The van der Waals surface area contributed by atoms with E-state index >= 15 is 0 Å². The maximum absolute atomic E-state index is 12.4. The number of rotatable bonds is 2. The van der Waals surface area contributed by atoms with Crippen molar-refractivity contribution in [3.8, 4) is 0 Å². The average Bonchev–Trinajstić information content (AvgIpc) is 2.72. The Morgan fingerprint density at radius 2 is 2.00 bits per heavy atom. The van der Waals surface area contributed by atoms with Gasteiger partial charge in [-0.15, -0.1) is 0 Å². The van der Waals surface area contributed by atoms with Gasteiger partial charge in [0.2, 0.25) is 0 Å². The minimum Gasteiger partial charge on any atom is -0.330 e. The van der Waals surface area contributed by atoms with Crippen molar-refractivity contribution in [1.29, 1.82) is 0 Å². The first-order valence-corrected chi connectivity index (χ1v) is 7.34. The van der Waals surface area contributed by atoms with Crippen LogP contribution in [-0.2, 0) is 6.42 Å².